The molecule has 5 nitrogen and oxygen atoms in total. The average Bonchev–Trinajstić information content (AvgIpc) is 3.17. The Morgan fingerprint density at radius 3 is 2.53 bits per heavy atom. The molecule has 5 atom stereocenters. The first kappa shape index (κ1) is 27.2. The van der Waals surface area contributed by atoms with E-state index in [1.807, 2.05) is 24.3 Å². The van der Waals surface area contributed by atoms with Crippen LogP contribution in [0.4, 0.5) is 0 Å². The summed E-state index contributed by atoms with van der Waals surface area (Å²) >= 11 is 0. The van der Waals surface area contributed by atoms with Gasteiger partial charge in [0, 0.05) is 18.4 Å². The summed E-state index contributed by atoms with van der Waals surface area (Å²) in [5, 5.41) is 0. The molecule has 1 aromatic carbocycles. The zero-order valence-corrected chi connectivity index (χ0v) is 24.0. The highest BCUT2D eigenvalue weighted by atomic mass is 16.5. The van der Waals surface area contributed by atoms with Crippen molar-refractivity contribution < 1.29 is 19.1 Å². The molecule has 0 heterocycles. The number of nitrogens with zero attached hydrogens (tertiary/aromatic N) is 1. The SMILES string of the molecule is CCN(CC)CCOc1ccc(/C=C2/C[C@H]3[C@@H]4CCC5=CC(=O)CC[C@]5(C)[C@H]4CC[C@]3(C)C2=O)cc1OC. The number of Topliss-reactive ketones (excluding diaryl/α,β-unsaturated/α-hetero) is 1. The van der Waals surface area contributed by atoms with Gasteiger partial charge in [-0.3, -0.25) is 9.59 Å². The van der Waals surface area contributed by atoms with Gasteiger partial charge in [0.1, 0.15) is 6.61 Å². The van der Waals surface area contributed by atoms with E-state index in [9.17, 15) is 9.59 Å². The van der Waals surface area contributed by atoms with E-state index in [4.69, 9.17) is 9.47 Å². The molecule has 0 unspecified atom stereocenters. The van der Waals surface area contributed by atoms with Crippen molar-refractivity contribution in [3.8, 4) is 11.5 Å². The Morgan fingerprint density at radius 2 is 1.79 bits per heavy atom. The van der Waals surface area contributed by atoms with Crippen LogP contribution in [-0.2, 0) is 9.59 Å². The molecule has 5 heteroatoms. The lowest BCUT2D eigenvalue weighted by molar-refractivity contribution is -0.130. The zero-order chi connectivity index (χ0) is 27.1. The van der Waals surface area contributed by atoms with Crippen molar-refractivity contribution >= 4 is 17.6 Å². The smallest absolute Gasteiger partial charge is 0.165 e. The summed E-state index contributed by atoms with van der Waals surface area (Å²) in [5.41, 5.74) is 3.19. The van der Waals surface area contributed by atoms with Crippen molar-refractivity contribution in [2.45, 2.75) is 72.6 Å². The quantitative estimate of drug-likeness (QED) is 0.367. The van der Waals surface area contributed by atoms with Crippen molar-refractivity contribution in [2.75, 3.05) is 33.4 Å². The third-order valence-electron chi connectivity index (χ3n) is 10.7. The highest BCUT2D eigenvalue weighted by Crippen LogP contribution is 2.65. The normalized spacial score (nSPS) is 33.6. The van der Waals surface area contributed by atoms with Gasteiger partial charge in [-0.15, -0.1) is 0 Å². The molecule has 0 aliphatic heterocycles. The number of benzene rings is 1. The minimum atomic E-state index is -0.271. The monoisotopic (exact) mass is 519 g/mol. The number of likely N-dealkylation sites (N-methyl/N-ethyl adjacent to an activating group) is 1. The second kappa shape index (κ2) is 10.6. The first-order valence-electron chi connectivity index (χ1n) is 14.8. The van der Waals surface area contributed by atoms with Crippen molar-refractivity contribution in [2.24, 2.45) is 28.6 Å². The van der Waals surface area contributed by atoms with Gasteiger partial charge in [-0.05, 0) is 110 Å². The molecule has 0 aromatic heterocycles. The molecule has 5 rings (SSSR count). The summed E-state index contributed by atoms with van der Waals surface area (Å²) in [6.07, 6.45) is 10.7. The predicted octanol–water partition coefficient (Wildman–Crippen LogP) is 6.51. The fraction of sp³-hybridized carbons (Fsp3) is 0.636. The second-order valence-electron chi connectivity index (χ2n) is 12.4. The van der Waals surface area contributed by atoms with Crippen LogP contribution in [0.5, 0.6) is 11.5 Å². The third-order valence-corrected chi connectivity index (χ3v) is 10.7. The van der Waals surface area contributed by atoms with Gasteiger partial charge in [-0.1, -0.05) is 39.3 Å². The number of carbonyl (C=O) groups excluding carboxylic acids is 2. The molecule has 1 aromatic rings. The lowest BCUT2D eigenvalue weighted by Crippen LogP contribution is -2.50. The average molecular weight is 520 g/mol. The Labute approximate surface area is 228 Å². The Kier molecular flexibility index (Phi) is 7.61. The lowest BCUT2D eigenvalue weighted by Gasteiger charge is -2.56. The van der Waals surface area contributed by atoms with Gasteiger partial charge in [0.05, 0.1) is 7.11 Å². The number of carbonyl (C=O) groups is 2. The van der Waals surface area contributed by atoms with Crippen LogP contribution in [0.2, 0.25) is 0 Å². The van der Waals surface area contributed by atoms with E-state index in [1.165, 1.54) is 5.57 Å². The summed E-state index contributed by atoms with van der Waals surface area (Å²) in [6, 6.07) is 6.01. The van der Waals surface area contributed by atoms with Gasteiger partial charge in [0.2, 0.25) is 0 Å². The van der Waals surface area contributed by atoms with Gasteiger partial charge in [-0.2, -0.15) is 0 Å². The zero-order valence-electron chi connectivity index (χ0n) is 24.0. The number of fused-ring (bicyclic) bond motifs is 5. The Hall–Kier alpha value is -2.40. The van der Waals surface area contributed by atoms with Crippen molar-refractivity contribution in [3.63, 3.8) is 0 Å². The van der Waals surface area contributed by atoms with Crippen LogP contribution < -0.4 is 9.47 Å². The van der Waals surface area contributed by atoms with E-state index in [2.05, 4.69) is 38.7 Å². The maximum Gasteiger partial charge on any atom is 0.165 e. The minimum Gasteiger partial charge on any atom is -0.493 e. The fourth-order valence-corrected chi connectivity index (χ4v) is 8.28. The van der Waals surface area contributed by atoms with Crippen molar-refractivity contribution in [3.05, 3.63) is 41.0 Å². The van der Waals surface area contributed by atoms with E-state index in [-0.39, 0.29) is 10.8 Å². The van der Waals surface area contributed by atoms with Gasteiger partial charge < -0.3 is 14.4 Å². The van der Waals surface area contributed by atoms with Crippen LogP contribution in [0.3, 0.4) is 0 Å². The van der Waals surface area contributed by atoms with E-state index < -0.39 is 0 Å². The molecule has 0 spiro atoms. The number of methoxy groups -OCH3 is 1. The highest BCUT2D eigenvalue weighted by molar-refractivity contribution is 6.06. The maximum atomic E-state index is 13.8. The first-order chi connectivity index (χ1) is 18.2. The van der Waals surface area contributed by atoms with Gasteiger partial charge >= 0.3 is 0 Å². The molecule has 3 fully saturated rings. The van der Waals surface area contributed by atoms with Crippen molar-refractivity contribution in [1.82, 2.24) is 4.90 Å². The molecular formula is C33H45NO4. The second-order valence-corrected chi connectivity index (χ2v) is 12.4. The van der Waals surface area contributed by atoms with E-state index in [0.29, 0.717) is 48.1 Å². The molecule has 4 aliphatic carbocycles. The fourth-order valence-electron chi connectivity index (χ4n) is 8.28. The van der Waals surface area contributed by atoms with Crippen LogP contribution in [0.25, 0.3) is 6.08 Å². The number of ether oxygens (including phenoxy) is 2. The summed E-state index contributed by atoms with van der Waals surface area (Å²) in [5.74, 6) is 3.61. The molecule has 206 valence electrons. The third kappa shape index (κ3) is 4.65. The molecule has 0 amide bonds. The number of hydrogen-bond acceptors (Lipinski definition) is 5. The predicted molar refractivity (Wildman–Crippen MR) is 151 cm³/mol. The first-order valence-corrected chi connectivity index (χ1v) is 14.8. The maximum absolute atomic E-state index is 13.8. The van der Waals surface area contributed by atoms with Crippen molar-refractivity contribution in [1.29, 1.82) is 0 Å². The number of hydrogen-bond donors (Lipinski definition) is 0. The van der Waals surface area contributed by atoms with Crippen LogP contribution in [0.15, 0.2) is 35.4 Å². The summed E-state index contributed by atoms with van der Waals surface area (Å²) in [6.45, 7) is 12.5. The molecule has 0 bridgehead atoms. The molecular weight excluding hydrogens is 474 g/mol. The van der Waals surface area contributed by atoms with Crippen LogP contribution >= 0.6 is 0 Å². The van der Waals surface area contributed by atoms with Gasteiger partial charge in [0.25, 0.3) is 0 Å². The topological polar surface area (TPSA) is 55.8 Å². The Bertz CT molecular complexity index is 1150. The van der Waals surface area contributed by atoms with E-state index in [1.54, 1.807) is 7.11 Å². The molecule has 38 heavy (non-hydrogen) atoms. The van der Waals surface area contributed by atoms with E-state index >= 15 is 0 Å². The summed E-state index contributed by atoms with van der Waals surface area (Å²) < 4.78 is 11.7. The van der Waals surface area contributed by atoms with E-state index in [0.717, 1.165) is 75.0 Å². The van der Waals surface area contributed by atoms with Crippen LogP contribution in [0.1, 0.15) is 78.2 Å². The highest BCUT2D eigenvalue weighted by Gasteiger charge is 2.60. The van der Waals surface area contributed by atoms with Gasteiger partial charge in [-0.25, -0.2) is 0 Å². The summed E-state index contributed by atoms with van der Waals surface area (Å²) in [7, 11) is 1.67. The molecule has 0 N–H and O–H groups in total. The molecule has 4 aliphatic rings. The summed E-state index contributed by atoms with van der Waals surface area (Å²) in [4.78, 5) is 28.3. The van der Waals surface area contributed by atoms with Crippen LogP contribution in [0, 0.1) is 28.6 Å². The Balaban J connectivity index is 1.34. The standard InChI is InChI=1S/C33H45NO4/c1-6-34(7-2)16-17-38-29-11-8-22(19-30(29)37-5)18-23-20-28-26-10-9-24-21-25(35)12-14-32(24,3)27(26)13-15-33(28,4)31(23)36/h8,11,18-19,21,26-28H,6-7,9-10,12-17,20H2,1-5H3/b23-18-/t26-,27+,28+,32+,33+/m1/s1. The number of rotatable bonds is 8. The van der Waals surface area contributed by atoms with Gasteiger partial charge in [0.15, 0.2) is 23.1 Å². The lowest BCUT2D eigenvalue weighted by atomic mass is 9.47. The minimum absolute atomic E-state index is 0.127. The number of ketones is 2. The molecule has 0 radical (unpaired) electrons. The molecule has 3 saturated carbocycles. The van der Waals surface area contributed by atoms with Crippen LogP contribution in [-0.4, -0.2) is 49.8 Å². The number of allylic oxidation sites excluding steroid dienone is 2. The Morgan fingerprint density at radius 1 is 1.00 bits per heavy atom. The largest absolute Gasteiger partial charge is 0.493 e. The molecule has 0 saturated heterocycles.